The normalized spacial score (nSPS) is 10.1. The van der Waals surface area contributed by atoms with E-state index in [9.17, 15) is 4.79 Å². The summed E-state index contributed by atoms with van der Waals surface area (Å²) in [6.07, 6.45) is 0.903. The van der Waals surface area contributed by atoms with Gasteiger partial charge >= 0.3 is 0 Å². The van der Waals surface area contributed by atoms with Gasteiger partial charge in [0.2, 0.25) is 0 Å². The number of hydrogen-bond acceptors (Lipinski definition) is 3. The Morgan fingerprint density at radius 2 is 2.00 bits per heavy atom. The zero-order valence-corrected chi connectivity index (χ0v) is 13.3. The van der Waals surface area contributed by atoms with Crippen molar-refractivity contribution in [2.75, 3.05) is 19.0 Å². The molecule has 0 aliphatic rings. The molecule has 1 N–H and O–H groups in total. The second-order valence-corrected chi connectivity index (χ2v) is 5.12. The van der Waals surface area contributed by atoms with Crippen LogP contribution in [0.2, 0.25) is 5.02 Å². The topological polar surface area (TPSA) is 47.6 Å². The van der Waals surface area contributed by atoms with Gasteiger partial charge in [0.25, 0.3) is 5.91 Å². The largest absolute Gasteiger partial charge is 0.493 e. The van der Waals surface area contributed by atoms with Crippen molar-refractivity contribution in [1.82, 2.24) is 0 Å². The Morgan fingerprint density at radius 1 is 1.18 bits per heavy atom. The first-order valence-electron chi connectivity index (χ1n) is 7.01. The summed E-state index contributed by atoms with van der Waals surface area (Å²) in [7, 11) is 1.55. The Bertz CT molecular complexity index is 658. The van der Waals surface area contributed by atoms with Gasteiger partial charge in [-0.2, -0.15) is 0 Å². The first-order chi connectivity index (χ1) is 10.6. The van der Waals surface area contributed by atoms with Gasteiger partial charge in [0.1, 0.15) is 0 Å². The maximum atomic E-state index is 12.3. The molecule has 0 radical (unpaired) electrons. The van der Waals surface area contributed by atoms with Crippen molar-refractivity contribution < 1.29 is 14.3 Å². The molecule has 0 heterocycles. The maximum absolute atomic E-state index is 12.3. The van der Waals surface area contributed by atoms with Gasteiger partial charge in [0.05, 0.1) is 13.7 Å². The first kappa shape index (κ1) is 16.2. The number of amides is 1. The molecule has 22 heavy (non-hydrogen) atoms. The van der Waals surface area contributed by atoms with Crippen molar-refractivity contribution in [2.24, 2.45) is 0 Å². The number of carbonyl (C=O) groups is 1. The summed E-state index contributed by atoms with van der Waals surface area (Å²) in [5.74, 6) is 0.929. The van der Waals surface area contributed by atoms with Crippen molar-refractivity contribution in [1.29, 1.82) is 0 Å². The van der Waals surface area contributed by atoms with Gasteiger partial charge in [-0.1, -0.05) is 24.6 Å². The smallest absolute Gasteiger partial charge is 0.255 e. The molecule has 5 heteroatoms. The highest BCUT2D eigenvalue weighted by Crippen LogP contribution is 2.28. The summed E-state index contributed by atoms with van der Waals surface area (Å²) in [5.41, 5.74) is 1.13. The van der Waals surface area contributed by atoms with E-state index in [2.05, 4.69) is 5.32 Å². The molecule has 0 bridgehead atoms. The number of benzene rings is 2. The van der Waals surface area contributed by atoms with Crippen LogP contribution in [0.5, 0.6) is 11.5 Å². The molecule has 0 spiro atoms. The van der Waals surface area contributed by atoms with Crippen LogP contribution in [-0.4, -0.2) is 19.6 Å². The zero-order valence-electron chi connectivity index (χ0n) is 12.6. The van der Waals surface area contributed by atoms with Crippen LogP contribution in [0, 0.1) is 0 Å². The van der Waals surface area contributed by atoms with Crippen molar-refractivity contribution in [3.05, 3.63) is 53.1 Å². The highest BCUT2D eigenvalue weighted by Gasteiger charge is 2.11. The molecule has 0 aliphatic carbocycles. The van der Waals surface area contributed by atoms with Crippen LogP contribution in [0.1, 0.15) is 23.7 Å². The number of carbonyl (C=O) groups excluding carboxylic acids is 1. The van der Waals surface area contributed by atoms with Crippen LogP contribution in [0.3, 0.4) is 0 Å². The lowest BCUT2D eigenvalue weighted by Gasteiger charge is -2.12. The lowest BCUT2D eigenvalue weighted by atomic mass is 10.2. The van der Waals surface area contributed by atoms with Gasteiger partial charge in [-0.15, -0.1) is 0 Å². The maximum Gasteiger partial charge on any atom is 0.255 e. The quantitative estimate of drug-likeness (QED) is 0.859. The Kier molecular flexibility index (Phi) is 5.67. The fourth-order valence-corrected chi connectivity index (χ4v) is 2.10. The minimum absolute atomic E-state index is 0.234. The molecule has 1 amide bonds. The SMILES string of the molecule is CCCOc1ccc(C(=O)Nc2cccc(Cl)c2)cc1OC. The predicted molar refractivity (Wildman–Crippen MR) is 88.2 cm³/mol. The molecule has 2 aromatic carbocycles. The Morgan fingerprint density at radius 3 is 2.68 bits per heavy atom. The van der Waals surface area contributed by atoms with Crippen LogP contribution >= 0.6 is 11.6 Å². The highest BCUT2D eigenvalue weighted by molar-refractivity contribution is 6.30. The van der Waals surface area contributed by atoms with Crippen molar-refractivity contribution in [3.8, 4) is 11.5 Å². The van der Waals surface area contributed by atoms with Gasteiger partial charge in [0, 0.05) is 16.3 Å². The molecule has 0 aromatic heterocycles. The number of hydrogen-bond donors (Lipinski definition) is 1. The standard InChI is InChI=1S/C17H18ClNO3/c1-3-9-22-15-8-7-12(10-16(15)21-2)17(20)19-14-6-4-5-13(18)11-14/h4-8,10-11H,3,9H2,1-2H3,(H,19,20). The monoisotopic (exact) mass is 319 g/mol. The first-order valence-corrected chi connectivity index (χ1v) is 7.39. The molecule has 4 nitrogen and oxygen atoms in total. The minimum Gasteiger partial charge on any atom is -0.493 e. The molecule has 0 aliphatic heterocycles. The Balaban J connectivity index is 2.15. The molecule has 0 atom stereocenters. The van der Waals surface area contributed by atoms with Gasteiger partial charge in [-0.05, 0) is 42.8 Å². The summed E-state index contributed by atoms with van der Waals surface area (Å²) in [5, 5.41) is 3.36. The summed E-state index contributed by atoms with van der Waals surface area (Å²) < 4.78 is 10.8. The number of halogens is 1. The average Bonchev–Trinajstić information content (AvgIpc) is 2.52. The molecule has 116 valence electrons. The average molecular weight is 320 g/mol. The van der Waals surface area contributed by atoms with Gasteiger partial charge in [-0.3, -0.25) is 4.79 Å². The van der Waals surface area contributed by atoms with Crippen molar-refractivity contribution in [2.45, 2.75) is 13.3 Å². The number of ether oxygens (including phenoxy) is 2. The number of nitrogens with one attached hydrogen (secondary N) is 1. The van der Waals surface area contributed by atoms with E-state index in [4.69, 9.17) is 21.1 Å². The molecule has 0 saturated heterocycles. The van der Waals surface area contributed by atoms with E-state index in [-0.39, 0.29) is 5.91 Å². The van der Waals surface area contributed by atoms with E-state index in [0.29, 0.717) is 34.4 Å². The van der Waals surface area contributed by atoms with E-state index in [1.165, 1.54) is 0 Å². The molecular formula is C17H18ClNO3. The lowest BCUT2D eigenvalue weighted by Crippen LogP contribution is -2.12. The van der Waals surface area contributed by atoms with Crippen LogP contribution < -0.4 is 14.8 Å². The number of anilines is 1. The van der Waals surface area contributed by atoms with E-state index < -0.39 is 0 Å². The van der Waals surface area contributed by atoms with Gasteiger partial charge in [0.15, 0.2) is 11.5 Å². The van der Waals surface area contributed by atoms with E-state index in [1.54, 1.807) is 49.6 Å². The Labute approximate surface area is 135 Å². The Hall–Kier alpha value is -2.20. The summed E-state index contributed by atoms with van der Waals surface area (Å²) in [4.78, 5) is 12.3. The van der Waals surface area contributed by atoms with Crippen LogP contribution in [-0.2, 0) is 0 Å². The summed E-state index contributed by atoms with van der Waals surface area (Å²) >= 11 is 5.90. The lowest BCUT2D eigenvalue weighted by molar-refractivity contribution is 0.102. The highest BCUT2D eigenvalue weighted by atomic mass is 35.5. The molecule has 0 fully saturated rings. The van der Waals surface area contributed by atoms with Crippen LogP contribution in [0.25, 0.3) is 0 Å². The fraction of sp³-hybridized carbons (Fsp3) is 0.235. The van der Waals surface area contributed by atoms with Gasteiger partial charge < -0.3 is 14.8 Å². The molecule has 0 unspecified atom stereocenters. The second kappa shape index (κ2) is 7.71. The van der Waals surface area contributed by atoms with E-state index in [1.807, 2.05) is 6.92 Å². The molecule has 2 rings (SSSR count). The predicted octanol–water partition coefficient (Wildman–Crippen LogP) is 4.39. The minimum atomic E-state index is -0.234. The third-order valence-corrected chi connectivity index (χ3v) is 3.21. The van der Waals surface area contributed by atoms with E-state index in [0.717, 1.165) is 6.42 Å². The van der Waals surface area contributed by atoms with Crippen molar-refractivity contribution in [3.63, 3.8) is 0 Å². The summed E-state index contributed by atoms with van der Waals surface area (Å²) in [6.45, 7) is 2.63. The molecular weight excluding hydrogens is 302 g/mol. The van der Waals surface area contributed by atoms with E-state index >= 15 is 0 Å². The van der Waals surface area contributed by atoms with Crippen LogP contribution in [0.15, 0.2) is 42.5 Å². The zero-order chi connectivity index (χ0) is 15.9. The van der Waals surface area contributed by atoms with Crippen molar-refractivity contribution >= 4 is 23.2 Å². The molecule has 0 saturated carbocycles. The fourth-order valence-electron chi connectivity index (χ4n) is 1.91. The molecule has 2 aromatic rings. The van der Waals surface area contributed by atoms with Gasteiger partial charge in [-0.25, -0.2) is 0 Å². The third-order valence-electron chi connectivity index (χ3n) is 2.97. The third kappa shape index (κ3) is 4.15. The number of rotatable bonds is 6. The number of methoxy groups -OCH3 is 1. The second-order valence-electron chi connectivity index (χ2n) is 4.68. The summed E-state index contributed by atoms with van der Waals surface area (Å²) in [6, 6.07) is 12.1. The van der Waals surface area contributed by atoms with Crippen LogP contribution in [0.4, 0.5) is 5.69 Å².